The van der Waals surface area contributed by atoms with Gasteiger partial charge in [0.05, 0.1) is 23.7 Å². The van der Waals surface area contributed by atoms with Crippen LogP contribution in [-0.4, -0.2) is 48.7 Å². The van der Waals surface area contributed by atoms with E-state index in [-0.39, 0.29) is 11.9 Å². The van der Waals surface area contributed by atoms with Gasteiger partial charge >= 0.3 is 6.61 Å². The van der Waals surface area contributed by atoms with Crippen LogP contribution >= 0.6 is 0 Å². The summed E-state index contributed by atoms with van der Waals surface area (Å²) in [4.78, 5) is 4.31. The smallest absolute Gasteiger partial charge is 0.387 e. The van der Waals surface area contributed by atoms with Gasteiger partial charge in [-0.15, -0.1) is 0 Å². The number of imidazole rings is 1. The largest absolute Gasteiger partial charge is 0.491 e. The number of hydrogen-bond acceptors (Lipinski definition) is 5. The average Bonchev–Trinajstić information content (AvgIpc) is 3.15. The molecule has 0 amide bonds. The van der Waals surface area contributed by atoms with E-state index in [2.05, 4.69) is 9.72 Å². The number of fused-ring (bicyclic) bond motifs is 1. The summed E-state index contributed by atoms with van der Waals surface area (Å²) in [6.07, 6.45) is 3.76. The minimum Gasteiger partial charge on any atom is -0.491 e. The number of alkyl halides is 2. The van der Waals surface area contributed by atoms with Crippen molar-refractivity contribution in [3.05, 3.63) is 48.8 Å². The lowest BCUT2D eigenvalue weighted by Crippen LogP contribution is -2.25. The fourth-order valence-electron chi connectivity index (χ4n) is 3.29. The number of rotatable bonds is 8. The molecule has 0 N–H and O–H groups in total. The van der Waals surface area contributed by atoms with Crippen molar-refractivity contribution >= 4 is 11.0 Å². The second kappa shape index (κ2) is 9.19. The van der Waals surface area contributed by atoms with E-state index in [0.717, 1.165) is 37.5 Å². The fourth-order valence-corrected chi connectivity index (χ4v) is 3.29. The molecule has 3 aromatic rings. The molecule has 1 aromatic heterocycles. The van der Waals surface area contributed by atoms with Crippen molar-refractivity contribution in [3.8, 4) is 17.2 Å². The predicted octanol–water partition coefficient (Wildman–Crippen LogP) is 4.20. The van der Waals surface area contributed by atoms with Gasteiger partial charge in [0.25, 0.3) is 0 Å². The zero-order chi connectivity index (χ0) is 20.1. The molecule has 0 radical (unpaired) electrons. The van der Waals surface area contributed by atoms with Crippen LogP contribution in [0.5, 0.6) is 11.5 Å². The molecule has 2 aromatic carbocycles. The van der Waals surface area contributed by atoms with Crippen LogP contribution in [0.4, 0.5) is 8.78 Å². The van der Waals surface area contributed by atoms with Gasteiger partial charge in [-0.2, -0.15) is 8.78 Å². The average molecular weight is 404 g/mol. The second-order valence-electron chi connectivity index (χ2n) is 6.67. The van der Waals surface area contributed by atoms with Crippen molar-refractivity contribution in [2.24, 2.45) is 0 Å². The minimum absolute atomic E-state index is 0.0960. The molecule has 0 aliphatic carbocycles. The van der Waals surface area contributed by atoms with Gasteiger partial charge in [-0.3, -0.25) is 4.57 Å². The summed E-state index contributed by atoms with van der Waals surface area (Å²) in [7, 11) is 0. The molecule has 29 heavy (non-hydrogen) atoms. The standard InChI is InChI=1S/C21H22F2N2O4/c22-21(23)29-18-5-6-19-20(13-18)25(14-24-19)15-1-3-16(4-2-15)27-11-12-28-17-7-9-26-10-8-17/h1-6,13-14,17,21H,7-12H2. The third-order valence-electron chi connectivity index (χ3n) is 4.73. The normalized spacial score (nSPS) is 15.1. The zero-order valence-electron chi connectivity index (χ0n) is 15.8. The molecule has 1 saturated heterocycles. The maximum atomic E-state index is 12.5. The number of benzene rings is 2. The minimum atomic E-state index is -2.87. The number of hydrogen-bond donors (Lipinski definition) is 0. The van der Waals surface area contributed by atoms with E-state index in [0.29, 0.717) is 24.2 Å². The van der Waals surface area contributed by atoms with Crippen molar-refractivity contribution in [1.29, 1.82) is 0 Å². The van der Waals surface area contributed by atoms with Gasteiger partial charge in [-0.25, -0.2) is 4.98 Å². The molecular formula is C21H22F2N2O4. The van der Waals surface area contributed by atoms with Crippen LogP contribution in [-0.2, 0) is 9.47 Å². The molecule has 6 nitrogen and oxygen atoms in total. The Kier molecular flexibility index (Phi) is 6.21. The van der Waals surface area contributed by atoms with Gasteiger partial charge in [-0.05, 0) is 49.2 Å². The van der Waals surface area contributed by atoms with Gasteiger partial charge in [0, 0.05) is 25.0 Å². The van der Waals surface area contributed by atoms with Crippen LogP contribution in [0.2, 0.25) is 0 Å². The van der Waals surface area contributed by atoms with E-state index < -0.39 is 6.61 Å². The number of aromatic nitrogens is 2. The maximum absolute atomic E-state index is 12.5. The topological polar surface area (TPSA) is 54.7 Å². The summed E-state index contributed by atoms with van der Waals surface area (Å²) >= 11 is 0. The molecule has 0 unspecified atom stereocenters. The van der Waals surface area contributed by atoms with Crippen LogP contribution in [0.15, 0.2) is 48.8 Å². The van der Waals surface area contributed by atoms with Gasteiger partial charge < -0.3 is 18.9 Å². The summed E-state index contributed by atoms with van der Waals surface area (Å²) in [5.41, 5.74) is 2.21. The lowest BCUT2D eigenvalue weighted by atomic mass is 10.2. The Balaban J connectivity index is 1.37. The van der Waals surface area contributed by atoms with Crippen molar-refractivity contribution < 1.29 is 27.7 Å². The molecule has 0 saturated carbocycles. The van der Waals surface area contributed by atoms with Crippen molar-refractivity contribution in [3.63, 3.8) is 0 Å². The Morgan fingerprint density at radius 3 is 2.55 bits per heavy atom. The van der Waals surface area contributed by atoms with E-state index in [1.54, 1.807) is 18.5 Å². The summed E-state index contributed by atoms with van der Waals surface area (Å²) in [6.45, 7) is -0.349. The molecule has 1 fully saturated rings. The highest BCUT2D eigenvalue weighted by Crippen LogP contribution is 2.25. The molecule has 1 aliphatic heterocycles. The Morgan fingerprint density at radius 1 is 1.03 bits per heavy atom. The monoisotopic (exact) mass is 404 g/mol. The predicted molar refractivity (Wildman–Crippen MR) is 103 cm³/mol. The Bertz CT molecular complexity index is 924. The van der Waals surface area contributed by atoms with E-state index in [9.17, 15) is 8.78 Å². The zero-order valence-corrected chi connectivity index (χ0v) is 15.8. The van der Waals surface area contributed by atoms with Crippen LogP contribution in [0.3, 0.4) is 0 Å². The third-order valence-corrected chi connectivity index (χ3v) is 4.73. The molecule has 0 atom stereocenters. The number of halogens is 2. The first-order chi connectivity index (χ1) is 14.2. The first-order valence-corrected chi connectivity index (χ1v) is 9.53. The molecule has 0 bridgehead atoms. The molecule has 1 aliphatic rings. The second-order valence-corrected chi connectivity index (χ2v) is 6.67. The summed E-state index contributed by atoms with van der Waals surface area (Å²) in [5.74, 6) is 0.828. The van der Waals surface area contributed by atoms with Crippen molar-refractivity contribution in [2.75, 3.05) is 26.4 Å². The van der Waals surface area contributed by atoms with Crippen LogP contribution in [0.1, 0.15) is 12.8 Å². The van der Waals surface area contributed by atoms with E-state index in [4.69, 9.17) is 14.2 Å². The highest BCUT2D eigenvalue weighted by Gasteiger charge is 2.14. The molecule has 2 heterocycles. The van der Waals surface area contributed by atoms with Crippen LogP contribution in [0.25, 0.3) is 16.7 Å². The molecular weight excluding hydrogens is 382 g/mol. The highest BCUT2D eigenvalue weighted by atomic mass is 19.3. The number of nitrogens with zero attached hydrogens (tertiary/aromatic N) is 2. The van der Waals surface area contributed by atoms with Gasteiger partial charge in [0.15, 0.2) is 0 Å². The first kappa shape index (κ1) is 19.6. The maximum Gasteiger partial charge on any atom is 0.387 e. The SMILES string of the molecule is FC(F)Oc1ccc2ncn(-c3ccc(OCCOC4CCOCC4)cc3)c2c1. The molecule has 4 rings (SSSR count). The molecule has 0 spiro atoms. The fraction of sp³-hybridized carbons (Fsp3) is 0.381. The van der Waals surface area contributed by atoms with Crippen molar-refractivity contribution in [2.45, 2.75) is 25.6 Å². The lowest BCUT2D eigenvalue weighted by molar-refractivity contribution is -0.0497. The summed E-state index contributed by atoms with van der Waals surface area (Å²) in [5, 5.41) is 0. The number of ether oxygens (including phenoxy) is 4. The third kappa shape index (κ3) is 5.02. The molecule has 154 valence electrons. The Hall–Kier alpha value is -2.71. The van der Waals surface area contributed by atoms with Crippen LogP contribution < -0.4 is 9.47 Å². The Morgan fingerprint density at radius 2 is 1.79 bits per heavy atom. The van der Waals surface area contributed by atoms with Crippen molar-refractivity contribution in [1.82, 2.24) is 9.55 Å². The molecule has 8 heteroatoms. The van der Waals surface area contributed by atoms with E-state index in [1.807, 2.05) is 28.8 Å². The van der Waals surface area contributed by atoms with E-state index >= 15 is 0 Å². The summed E-state index contributed by atoms with van der Waals surface area (Å²) < 4.78 is 48.1. The van der Waals surface area contributed by atoms with Gasteiger partial charge in [-0.1, -0.05) is 0 Å². The summed E-state index contributed by atoms with van der Waals surface area (Å²) in [6, 6.07) is 12.2. The quantitative estimate of drug-likeness (QED) is 0.527. The van der Waals surface area contributed by atoms with Gasteiger partial charge in [0.1, 0.15) is 24.4 Å². The Labute approximate surface area is 167 Å². The first-order valence-electron chi connectivity index (χ1n) is 9.53. The van der Waals surface area contributed by atoms with Gasteiger partial charge in [0.2, 0.25) is 0 Å². The van der Waals surface area contributed by atoms with E-state index in [1.165, 1.54) is 6.07 Å². The lowest BCUT2D eigenvalue weighted by Gasteiger charge is -2.22. The highest BCUT2D eigenvalue weighted by molar-refractivity contribution is 5.79. The van der Waals surface area contributed by atoms with Crippen LogP contribution in [0, 0.1) is 0 Å².